The summed E-state index contributed by atoms with van der Waals surface area (Å²) >= 11 is 0. The molecule has 0 aliphatic carbocycles. The van der Waals surface area contributed by atoms with E-state index in [1.54, 1.807) is 12.3 Å². The molecule has 0 saturated carbocycles. The van der Waals surface area contributed by atoms with Crippen LogP contribution in [0.5, 0.6) is 0 Å². The molecule has 3 N–H and O–H groups in total. The van der Waals surface area contributed by atoms with E-state index in [0.29, 0.717) is 44.3 Å². The molecular formula is C13H23N5O2S. The van der Waals surface area contributed by atoms with Crippen LogP contribution in [0.2, 0.25) is 0 Å². The number of aromatic nitrogens is 1. The molecule has 118 valence electrons. The van der Waals surface area contributed by atoms with Gasteiger partial charge >= 0.3 is 0 Å². The summed E-state index contributed by atoms with van der Waals surface area (Å²) in [6.07, 6.45) is 1.61. The molecule has 0 radical (unpaired) electrons. The molecule has 7 nitrogen and oxygen atoms in total. The van der Waals surface area contributed by atoms with Gasteiger partial charge in [0.05, 0.1) is 11.9 Å². The average molecular weight is 313 g/mol. The number of piperazine rings is 1. The molecule has 0 unspecified atom stereocenters. The topological polar surface area (TPSA) is 91.6 Å². The second kappa shape index (κ2) is 6.59. The Morgan fingerprint density at radius 1 is 1.29 bits per heavy atom. The van der Waals surface area contributed by atoms with E-state index in [1.807, 2.05) is 19.9 Å². The molecule has 0 aromatic carbocycles. The molecule has 0 spiro atoms. The highest BCUT2D eigenvalue weighted by molar-refractivity contribution is 7.87. The summed E-state index contributed by atoms with van der Waals surface area (Å²) in [4.78, 5) is 6.33. The molecule has 21 heavy (non-hydrogen) atoms. The van der Waals surface area contributed by atoms with Gasteiger partial charge in [-0.1, -0.05) is 13.8 Å². The second-order valence-corrected chi connectivity index (χ2v) is 7.34. The molecule has 1 aromatic heterocycles. The van der Waals surface area contributed by atoms with Crippen molar-refractivity contribution in [1.29, 1.82) is 0 Å². The molecule has 8 heteroatoms. The van der Waals surface area contributed by atoms with Crippen LogP contribution in [-0.2, 0) is 10.2 Å². The summed E-state index contributed by atoms with van der Waals surface area (Å²) in [5.74, 6) is 1.12. The van der Waals surface area contributed by atoms with Crippen LogP contribution in [0, 0.1) is 5.92 Å². The largest absolute Gasteiger partial charge is 0.397 e. The van der Waals surface area contributed by atoms with Crippen LogP contribution >= 0.6 is 0 Å². The summed E-state index contributed by atoms with van der Waals surface area (Å²) in [5.41, 5.74) is 6.24. The van der Waals surface area contributed by atoms with E-state index in [1.165, 1.54) is 4.31 Å². The number of nitrogens with one attached hydrogen (secondary N) is 1. The molecule has 1 aliphatic heterocycles. The van der Waals surface area contributed by atoms with Gasteiger partial charge in [0, 0.05) is 32.7 Å². The first-order valence-electron chi connectivity index (χ1n) is 7.09. The Hall–Kier alpha value is -1.38. The van der Waals surface area contributed by atoms with E-state index in [2.05, 4.69) is 14.6 Å². The van der Waals surface area contributed by atoms with Crippen LogP contribution in [0.25, 0.3) is 0 Å². The van der Waals surface area contributed by atoms with Crippen molar-refractivity contribution < 1.29 is 8.42 Å². The average Bonchev–Trinajstić information content (AvgIpc) is 2.46. The summed E-state index contributed by atoms with van der Waals surface area (Å²) in [5, 5.41) is 0. The molecule has 1 saturated heterocycles. The molecule has 2 heterocycles. The number of nitrogens with zero attached hydrogens (tertiary/aromatic N) is 3. The fourth-order valence-corrected chi connectivity index (χ4v) is 3.48. The van der Waals surface area contributed by atoms with Crippen molar-refractivity contribution in [2.24, 2.45) is 5.92 Å². The second-order valence-electron chi connectivity index (χ2n) is 5.58. The van der Waals surface area contributed by atoms with Crippen molar-refractivity contribution in [1.82, 2.24) is 14.0 Å². The van der Waals surface area contributed by atoms with Crippen molar-refractivity contribution in [3.05, 3.63) is 18.3 Å². The number of nitrogen functional groups attached to an aromatic ring is 1. The van der Waals surface area contributed by atoms with Gasteiger partial charge in [-0.3, -0.25) is 0 Å². The Bertz CT molecular complexity index is 550. The number of anilines is 2. The predicted octanol–water partition coefficient (Wildman–Crippen LogP) is 0.276. The van der Waals surface area contributed by atoms with Crippen LogP contribution in [0.1, 0.15) is 13.8 Å². The van der Waals surface area contributed by atoms with Crippen LogP contribution in [0.15, 0.2) is 18.3 Å². The highest BCUT2D eigenvalue weighted by atomic mass is 32.2. The number of hydrogen-bond donors (Lipinski definition) is 2. The lowest BCUT2D eigenvalue weighted by molar-refractivity contribution is 0.375. The number of nitrogens with two attached hydrogens (primary N) is 1. The van der Waals surface area contributed by atoms with Crippen molar-refractivity contribution in [3.8, 4) is 0 Å². The first-order chi connectivity index (χ1) is 9.88. The van der Waals surface area contributed by atoms with Crippen LogP contribution in [0.4, 0.5) is 11.5 Å². The summed E-state index contributed by atoms with van der Waals surface area (Å²) < 4.78 is 28.4. The van der Waals surface area contributed by atoms with Gasteiger partial charge in [-0.2, -0.15) is 12.7 Å². The van der Waals surface area contributed by atoms with E-state index in [9.17, 15) is 8.42 Å². The van der Waals surface area contributed by atoms with Crippen LogP contribution < -0.4 is 15.4 Å². The molecule has 1 aromatic rings. The fraction of sp³-hybridized carbons (Fsp3) is 0.615. The van der Waals surface area contributed by atoms with Crippen molar-refractivity contribution in [2.75, 3.05) is 43.4 Å². The predicted molar refractivity (Wildman–Crippen MR) is 84.2 cm³/mol. The van der Waals surface area contributed by atoms with E-state index >= 15 is 0 Å². The maximum absolute atomic E-state index is 12.1. The maximum atomic E-state index is 12.1. The zero-order chi connectivity index (χ0) is 15.5. The van der Waals surface area contributed by atoms with Crippen molar-refractivity contribution >= 4 is 21.7 Å². The maximum Gasteiger partial charge on any atom is 0.279 e. The molecule has 1 aliphatic rings. The van der Waals surface area contributed by atoms with Gasteiger partial charge in [0.2, 0.25) is 0 Å². The summed E-state index contributed by atoms with van der Waals surface area (Å²) in [7, 11) is -3.37. The smallest absolute Gasteiger partial charge is 0.279 e. The Labute approximate surface area is 126 Å². The first kappa shape index (κ1) is 16.0. The highest BCUT2D eigenvalue weighted by Crippen LogP contribution is 2.15. The molecular weight excluding hydrogens is 290 g/mol. The minimum Gasteiger partial charge on any atom is -0.397 e. The van der Waals surface area contributed by atoms with E-state index in [-0.39, 0.29) is 0 Å². The number of rotatable bonds is 5. The highest BCUT2D eigenvalue weighted by Gasteiger charge is 2.27. The lowest BCUT2D eigenvalue weighted by atomic mass is 10.2. The molecule has 0 bridgehead atoms. The van der Waals surface area contributed by atoms with Gasteiger partial charge in [0.1, 0.15) is 5.82 Å². The van der Waals surface area contributed by atoms with Gasteiger partial charge < -0.3 is 10.6 Å². The van der Waals surface area contributed by atoms with Gasteiger partial charge in [0.25, 0.3) is 10.2 Å². The van der Waals surface area contributed by atoms with E-state index < -0.39 is 10.2 Å². The third-order valence-electron chi connectivity index (χ3n) is 3.35. The molecule has 0 atom stereocenters. The monoisotopic (exact) mass is 313 g/mol. The quantitative estimate of drug-likeness (QED) is 0.814. The SMILES string of the molecule is CC(C)CNS(=O)(=O)N1CCN(c2ccc(N)cn2)CC1. The molecule has 2 rings (SSSR count). The number of pyridine rings is 1. The van der Waals surface area contributed by atoms with Gasteiger partial charge in [-0.25, -0.2) is 9.71 Å². The zero-order valence-corrected chi connectivity index (χ0v) is 13.3. The Kier molecular flexibility index (Phi) is 5.02. The zero-order valence-electron chi connectivity index (χ0n) is 12.5. The first-order valence-corrected chi connectivity index (χ1v) is 8.53. The minimum atomic E-state index is -3.37. The summed E-state index contributed by atoms with van der Waals surface area (Å²) in [6, 6.07) is 3.66. The Morgan fingerprint density at radius 2 is 1.95 bits per heavy atom. The van der Waals surface area contributed by atoms with E-state index in [4.69, 9.17) is 5.73 Å². The van der Waals surface area contributed by atoms with Crippen molar-refractivity contribution in [3.63, 3.8) is 0 Å². The summed E-state index contributed by atoms with van der Waals surface area (Å²) in [6.45, 7) is 6.58. The Balaban J connectivity index is 1.92. The van der Waals surface area contributed by atoms with Crippen molar-refractivity contribution in [2.45, 2.75) is 13.8 Å². The van der Waals surface area contributed by atoms with Crippen LogP contribution in [-0.4, -0.2) is 50.4 Å². The standard InChI is InChI=1S/C13H23N5O2S/c1-11(2)9-16-21(19,20)18-7-5-17(6-8-18)13-4-3-12(14)10-15-13/h3-4,10-11,16H,5-9,14H2,1-2H3. The van der Waals surface area contributed by atoms with Gasteiger partial charge in [-0.15, -0.1) is 0 Å². The third kappa shape index (κ3) is 4.29. The molecule has 1 fully saturated rings. The normalized spacial score (nSPS) is 17.4. The third-order valence-corrected chi connectivity index (χ3v) is 4.92. The number of hydrogen-bond acceptors (Lipinski definition) is 5. The lowest BCUT2D eigenvalue weighted by Crippen LogP contribution is -2.52. The molecule has 0 amide bonds. The van der Waals surface area contributed by atoms with Gasteiger partial charge in [0.15, 0.2) is 0 Å². The van der Waals surface area contributed by atoms with Gasteiger partial charge in [-0.05, 0) is 18.1 Å². The van der Waals surface area contributed by atoms with Crippen LogP contribution in [0.3, 0.4) is 0 Å². The van der Waals surface area contributed by atoms with E-state index in [0.717, 1.165) is 5.82 Å². The lowest BCUT2D eigenvalue weighted by Gasteiger charge is -2.34. The fourth-order valence-electron chi connectivity index (χ4n) is 2.11. The Morgan fingerprint density at radius 3 is 2.48 bits per heavy atom. The minimum absolute atomic E-state index is 0.292.